The lowest BCUT2D eigenvalue weighted by atomic mass is 9.73. The van der Waals surface area contributed by atoms with E-state index in [-0.39, 0.29) is 11.8 Å². The van der Waals surface area contributed by atoms with E-state index in [1.807, 2.05) is 29.2 Å². The second-order valence-electron chi connectivity index (χ2n) is 6.18. The number of para-hydroxylation sites is 1. The number of carbonyl (C=O) groups excluding carboxylic acids is 2. The molecule has 4 nitrogen and oxygen atoms in total. The number of anilines is 1. The third kappa shape index (κ3) is 1.60. The molecule has 0 atom stereocenters. The molecule has 0 bridgehead atoms. The number of nitrogens with one attached hydrogen (secondary N) is 1. The zero-order valence-corrected chi connectivity index (χ0v) is 11.4. The smallest absolute Gasteiger partial charge is 0.235 e. The highest BCUT2D eigenvalue weighted by Crippen LogP contribution is 2.45. The van der Waals surface area contributed by atoms with E-state index in [1.165, 1.54) is 0 Å². The lowest BCUT2D eigenvalue weighted by Gasteiger charge is -2.38. The van der Waals surface area contributed by atoms with Gasteiger partial charge in [0.25, 0.3) is 0 Å². The Morgan fingerprint density at radius 1 is 1.20 bits per heavy atom. The van der Waals surface area contributed by atoms with E-state index in [4.69, 9.17) is 0 Å². The van der Waals surface area contributed by atoms with Gasteiger partial charge in [0.15, 0.2) is 0 Å². The molecule has 104 valence electrons. The van der Waals surface area contributed by atoms with E-state index < -0.39 is 5.41 Å². The Morgan fingerprint density at radius 3 is 2.60 bits per heavy atom. The summed E-state index contributed by atoms with van der Waals surface area (Å²) in [6.07, 6.45) is 3.58. The zero-order valence-electron chi connectivity index (χ0n) is 11.4. The number of rotatable bonds is 1. The maximum Gasteiger partial charge on any atom is 0.235 e. The van der Waals surface area contributed by atoms with Gasteiger partial charge < -0.3 is 10.2 Å². The fourth-order valence-electron chi connectivity index (χ4n) is 3.57. The van der Waals surface area contributed by atoms with Crippen LogP contribution in [0.4, 0.5) is 5.69 Å². The SMILES string of the molecule is O=C(C1CC1)N1CCC2(CC1)C(=O)Nc1ccccc12. The van der Waals surface area contributed by atoms with E-state index in [0.717, 1.165) is 36.9 Å². The predicted molar refractivity (Wildman–Crippen MR) is 75.3 cm³/mol. The van der Waals surface area contributed by atoms with Gasteiger partial charge in [-0.15, -0.1) is 0 Å². The van der Waals surface area contributed by atoms with Crippen LogP contribution < -0.4 is 5.32 Å². The number of hydrogen-bond donors (Lipinski definition) is 1. The fraction of sp³-hybridized carbons (Fsp3) is 0.500. The third-order valence-corrected chi connectivity index (χ3v) is 4.98. The second-order valence-corrected chi connectivity index (χ2v) is 6.18. The largest absolute Gasteiger partial charge is 0.342 e. The Morgan fingerprint density at radius 2 is 1.90 bits per heavy atom. The number of carbonyl (C=O) groups is 2. The fourth-order valence-corrected chi connectivity index (χ4v) is 3.57. The molecule has 1 spiro atoms. The summed E-state index contributed by atoms with van der Waals surface area (Å²) in [4.78, 5) is 26.5. The van der Waals surface area contributed by atoms with Crippen LogP contribution >= 0.6 is 0 Å². The summed E-state index contributed by atoms with van der Waals surface area (Å²) in [6.45, 7) is 1.41. The summed E-state index contributed by atoms with van der Waals surface area (Å²) in [5.41, 5.74) is 1.65. The summed E-state index contributed by atoms with van der Waals surface area (Å²) in [7, 11) is 0. The topological polar surface area (TPSA) is 49.4 Å². The van der Waals surface area contributed by atoms with Crippen molar-refractivity contribution in [2.24, 2.45) is 5.92 Å². The molecule has 0 aromatic heterocycles. The summed E-state index contributed by atoms with van der Waals surface area (Å²) in [5.74, 6) is 0.678. The molecule has 1 aliphatic carbocycles. The predicted octanol–water partition coefficient (Wildman–Crippen LogP) is 1.91. The Kier molecular flexibility index (Phi) is 2.43. The van der Waals surface area contributed by atoms with Gasteiger partial charge in [-0.25, -0.2) is 0 Å². The van der Waals surface area contributed by atoms with Gasteiger partial charge in [-0.1, -0.05) is 18.2 Å². The molecular formula is C16H18N2O2. The number of nitrogens with zero attached hydrogens (tertiary/aromatic N) is 1. The van der Waals surface area contributed by atoms with Gasteiger partial charge in [0, 0.05) is 24.7 Å². The highest BCUT2D eigenvalue weighted by Gasteiger charge is 2.49. The molecule has 1 saturated heterocycles. The van der Waals surface area contributed by atoms with Gasteiger partial charge in [-0.05, 0) is 37.3 Å². The van der Waals surface area contributed by atoms with Crippen LogP contribution in [0.5, 0.6) is 0 Å². The summed E-state index contributed by atoms with van der Waals surface area (Å²) >= 11 is 0. The van der Waals surface area contributed by atoms with Crippen LogP contribution in [0.1, 0.15) is 31.2 Å². The number of fused-ring (bicyclic) bond motifs is 2. The third-order valence-electron chi connectivity index (χ3n) is 4.98. The van der Waals surface area contributed by atoms with Crippen LogP contribution in [0.3, 0.4) is 0 Å². The van der Waals surface area contributed by atoms with Gasteiger partial charge in [-0.2, -0.15) is 0 Å². The molecule has 0 unspecified atom stereocenters. The lowest BCUT2D eigenvalue weighted by molar-refractivity contribution is -0.136. The molecule has 1 N–H and O–H groups in total. The van der Waals surface area contributed by atoms with Crippen molar-refractivity contribution in [2.75, 3.05) is 18.4 Å². The van der Waals surface area contributed by atoms with E-state index in [0.29, 0.717) is 19.0 Å². The Bertz CT molecular complexity index is 584. The summed E-state index contributed by atoms with van der Waals surface area (Å²) < 4.78 is 0. The van der Waals surface area contributed by atoms with Crippen LogP contribution in [0, 0.1) is 5.92 Å². The van der Waals surface area contributed by atoms with Crippen molar-refractivity contribution in [3.05, 3.63) is 29.8 Å². The van der Waals surface area contributed by atoms with Crippen LogP contribution in [0.2, 0.25) is 0 Å². The van der Waals surface area contributed by atoms with Crippen molar-refractivity contribution in [1.29, 1.82) is 0 Å². The molecule has 4 rings (SSSR count). The average Bonchev–Trinajstić information content (AvgIpc) is 3.28. The van der Waals surface area contributed by atoms with Crippen molar-refractivity contribution in [3.63, 3.8) is 0 Å². The first-order valence-corrected chi connectivity index (χ1v) is 7.40. The van der Waals surface area contributed by atoms with Crippen LogP contribution in [0.15, 0.2) is 24.3 Å². The number of benzene rings is 1. The maximum absolute atomic E-state index is 12.4. The minimum absolute atomic E-state index is 0.109. The Labute approximate surface area is 118 Å². The van der Waals surface area contributed by atoms with E-state index in [1.54, 1.807) is 0 Å². The zero-order chi connectivity index (χ0) is 13.7. The van der Waals surface area contributed by atoms with Crippen molar-refractivity contribution in [3.8, 4) is 0 Å². The first-order valence-electron chi connectivity index (χ1n) is 7.40. The van der Waals surface area contributed by atoms with E-state index in [9.17, 15) is 9.59 Å². The molecule has 2 amide bonds. The molecule has 20 heavy (non-hydrogen) atoms. The molecule has 4 heteroatoms. The molecule has 1 aromatic rings. The lowest BCUT2D eigenvalue weighted by Crippen LogP contribution is -2.48. The van der Waals surface area contributed by atoms with Gasteiger partial charge >= 0.3 is 0 Å². The highest BCUT2D eigenvalue weighted by molar-refractivity contribution is 6.06. The van der Waals surface area contributed by atoms with Crippen molar-refractivity contribution < 1.29 is 9.59 Å². The molecular weight excluding hydrogens is 252 g/mol. The van der Waals surface area contributed by atoms with E-state index in [2.05, 4.69) is 5.32 Å². The molecule has 0 radical (unpaired) electrons. The van der Waals surface area contributed by atoms with Gasteiger partial charge in [0.05, 0.1) is 5.41 Å². The normalized spacial score (nSPS) is 23.6. The minimum atomic E-state index is -0.406. The van der Waals surface area contributed by atoms with Crippen molar-refractivity contribution in [1.82, 2.24) is 4.90 Å². The summed E-state index contributed by atoms with van der Waals surface area (Å²) in [5, 5.41) is 2.99. The Balaban J connectivity index is 1.58. The average molecular weight is 270 g/mol. The van der Waals surface area contributed by atoms with Gasteiger partial charge in [0.2, 0.25) is 11.8 Å². The maximum atomic E-state index is 12.4. The van der Waals surface area contributed by atoms with Crippen molar-refractivity contribution in [2.45, 2.75) is 31.1 Å². The molecule has 1 saturated carbocycles. The van der Waals surface area contributed by atoms with Gasteiger partial charge in [-0.3, -0.25) is 9.59 Å². The molecule has 2 heterocycles. The van der Waals surface area contributed by atoms with Crippen LogP contribution in [-0.4, -0.2) is 29.8 Å². The quantitative estimate of drug-likeness (QED) is 0.847. The standard InChI is InChI=1S/C16H18N2O2/c19-14(11-5-6-11)18-9-7-16(8-10-18)12-3-1-2-4-13(12)17-15(16)20/h1-4,11H,5-10H2,(H,17,20). The number of amides is 2. The van der Waals surface area contributed by atoms with E-state index >= 15 is 0 Å². The summed E-state index contributed by atoms with van der Waals surface area (Å²) in [6, 6.07) is 7.95. The van der Waals surface area contributed by atoms with Crippen LogP contribution in [0.25, 0.3) is 0 Å². The monoisotopic (exact) mass is 270 g/mol. The van der Waals surface area contributed by atoms with Crippen molar-refractivity contribution >= 4 is 17.5 Å². The molecule has 2 aliphatic heterocycles. The number of likely N-dealkylation sites (tertiary alicyclic amines) is 1. The number of piperidine rings is 1. The first-order chi connectivity index (χ1) is 9.71. The first kappa shape index (κ1) is 11.9. The molecule has 2 fully saturated rings. The molecule has 3 aliphatic rings. The second kappa shape index (κ2) is 4.08. The number of hydrogen-bond acceptors (Lipinski definition) is 2. The molecule has 1 aromatic carbocycles. The Hall–Kier alpha value is -1.84. The minimum Gasteiger partial charge on any atom is -0.342 e. The van der Waals surface area contributed by atoms with Crippen LogP contribution in [-0.2, 0) is 15.0 Å². The van der Waals surface area contributed by atoms with Gasteiger partial charge in [0.1, 0.15) is 0 Å². The highest BCUT2D eigenvalue weighted by atomic mass is 16.2.